The van der Waals surface area contributed by atoms with Crippen molar-refractivity contribution < 1.29 is 9.47 Å². The molecule has 0 amide bonds. The quantitative estimate of drug-likeness (QED) is 0.543. The molecule has 120 valence electrons. The highest BCUT2D eigenvalue weighted by atomic mass is 35.5. The predicted octanol–water partition coefficient (Wildman–Crippen LogP) is 4.06. The fraction of sp³-hybridized carbons (Fsp3) is 0.471. The second kappa shape index (κ2) is 8.32. The summed E-state index contributed by atoms with van der Waals surface area (Å²) in [5.74, 6) is 0.223. The summed E-state index contributed by atoms with van der Waals surface area (Å²) in [5.41, 5.74) is 2.41. The van der Waals surface area contributed by atoms with Crippen LogP contribution in [0.5, 0.6) is 0 Å². The average molecular weight is 323 g/mol. The van der Waals surface area contributed by atoms with Gasteiger partial charge in [0.05, 0.1) is 6.61 Å². The zero-order chi connectivity index (χ0) is 15.9. The minimum Gasteiger partial charge on any atom is -0.359 e. The van der Waals surface area contributed by atoms with Gasteiger partial charge in [0, 0.05) is 36.0 Å². The SMILES string of the molecule is COCOC[C@H](Cc1ccc(Cl)cc1)c1ccnn1C(C)C. The van der Waals surface area contributed by atoms with E-state index >= 15 is 0 Å². The van der Waals surface area contributed by atoms with Crippen molar-refractivity contribution in [1.82, 2.24) is 9.78 Å². The normalized spacial score (nSPS) is 12.8. The monoisotopic (exact) mass is 322 g/mol. The number of nitrogens with zero attached hydrogens (tertiary/aromatic N) is 2. The maximum Gasteiger partial charge on any atom is 0.146 e. The number of benzene rings is 1. The summed E-state index contributed by atoms with van der Waals surface area (Å²) >= 11 is 5.96. The van der Waals surface area contributed by atoms with Crippen LogP contribution < -0.4 is 0 Å². The molecule has 0 fully saturated rings. The van der Waals surface area contributed by atoms with E-state index in [9.17, 15) is 0 Å². The van der Waals surface area contributed by atoms with Crippen molar-refractivity contribution in [2.45, 2.75) is 32.2 Å². The van der Waals surface area contributed by atoms with Gasteiger partial charge in [0.25, 0.3) is 0 Å². The van der Waals surface area contributed by atoms with Crippen molar-refractivity contribution >= 4 is 11.6 Å². The highest BCUT2D eigenvalue weighted by molar-refractivity contribution is 6.30. The fourth-order valence-corrected chi connectivity index (χ4v) is 2.63. The van der Waals surface area contributed by atoms with Crippen LogP contribution >= 0.6 is 11.6 Å². The molecule has 1 aromatic heterocycles. The molecule has 4 nitrogen and oxygen atoms in total. The Balaban J connectivity index is 2.18. The lowest BCUT2D eigenvalue weighted by molar-refractivity contribution is -0.0362. The third-order valence-electron chi connectivity index (χ3n) is 3.52. The maximum absolute atomic E-state index is 5.96. The van der Waals surface area contributed by atoms with Crippen LogP contribution in [0.1, 0.15) is 37.1 Å². The average Bonchev–Trinajstić information content (AvgIpc) is 2.98. The Bertz CT molecular complexity index is 566. The van der Waals surface area contributed by atoms with Gasteiger partial charge < -0.3 is 9.47 Å². The van der Waals surface area contributed by atoms with Gasteiger partial charge in [-0.3, -0.25) is 4.68 Å². The molecule has 1 aromatic carbocycles. The zero-order valence-electron chi connectivity index (χ0n) is 13.3. The highest BCUT2D eigenvalue weighted by Crippen LogP contribution is 2.24. The predicted molar refractivity (Wildman–Crippen MR) is 88.3 cm³/mol. The van der Waals surface area contributed by atoms with Crippen molar-refractivity contribution in [2.24, 2.45) is 0 Å². The van der Waals surface area contributed by atoms with Crippen LogP contribution in [-0.4, -0.2) is 30.3 Å². The van der Waals surface area contributed by atoms with E-state index in [-0.39, 0.29) is 5.92 Å². The van der Waals surface area contributed by atoms with E-state index in [1.54, 1.807) is 7.11 Å². The minimum absolute atomic E-state index is 0.223. The van der Waals surface area contributed by atoms with Gasteiger partial charge in [-0.1, -0.05) is 23.7 Å². The Labute approximate surface area is 137 Å². The van der Waals surface area contributed by atoms with Crippen LogP contribution in [-0.2, 0) is 15.9 Å². The molecule has 0 saturated carbocycles. The van der Waals surface area contributed by atoms with Gasteiger partial charge in [-0.2, -0.15) is 5.10 Å². The smallest absolute Gasteiger partial charge is 0.146 e. The molecule has 1 atom stereocenters. The second-order valence-electron chi connectivity index (χ2n) is 5.60. The summed E-state index contributed by atoms with van der Waals surface area (Å²) in [6.45, 7) is 5.15. The largest absolute Gasteiger partial charge is 0.359 e. The lowest BCUT2D eigenvalue weighted by Crippen LogP contribution is -2.18. The molecule has 0 N–H and O–H groups in total. The molecule has 0 aliphatic carbocycles. The molecule has 22 heavy (non-hydrogen) atoms. The highest BCUT2D eigenvalue weighted by Gasteiger charge is 2.18. The van der Waals surface area contributed by atoms with Crippen molar-refractivity contribution in [3.8, 4) is 0 Å². The van der Waals surface area contributed by atoms with Crippen LogP contribution in [0.3, 0.4) is 0 Å². The number of halogens is 1. The Kier molecular flexibility index (Phi) is 6.43. The van der Waals surface area contributed by atoms with Crippen LogP contribution in [0, 0.1) is 0 Å². The number of hydrogen-bond acceptors (Lipinski definition) is 3. The first-order chi connectivity index (χ1) is 10.6. The second-order valence-corrected chi connectivity index (χ2v) is 6.04. The Hall–Kier alpha value is -1.36. The van der Waals surface area contributed by atoms with E-state index < -0.39 is 0 Å². The molecule has 2 aromatic rings. The number of aromatic nitrogens is 2. The van der Waals surface area contributed by atoms with E-state index in [0.29, 0.717) is 19.4 Å². The molecule has 0 saturated heterocycles. The summed E-state index contributed by atoms with van der Waals surface area (Å²) in [6.07, 6.45) is 2.72. The molecule has 0 aliphatic rings. The van der Waals surface area contributed by atoms with Crippen LogP contribution in [0.4, 0.5) is 0 Å². The number of rotatable bonds is 8. The molecule has 0 aliphatic heterocycles. The summed E-state index contributed by atoms with van der Waals surface area (Å²) in [4.78, 5) is 0. The van der Waals surface area contributed by atoms with Gasteiger partial charge >= 0.3 is 0 Å². The molecular formula is C17H23ClN2O2. The van der Waals surface area contributed by atoms with Gasteiger partial charge in [-0.05, 0) is 44.0 Å². The van der Waals surface area contributed by atoms with Gasteiger partial charge in [0.1, 0.15) is 6.79 Å². The maximum atomic E-state index is 5.96. The van der Waals surface area contributed by atoms with Crippen LogP contribution in [0.25, 0.3) is 0 Å². The molecule has 2 rings (SSSR count). The lowest BCUT2D eigenvalue weighted by Gasteiger charge is -2.20. The van der Waals surface area contributed by atoms with Gasteiger partial charge in [-0.25, -0.2) is 0 Å². The zero-order valence-corrected chi connectivity index (χ0v) is 14.1. The summed E-state index contributed by atoms with van der Waals surface area (Å²) < 4.78 is 12.7. The van der Waals surface area contributed by atoms with E-state index in [1.807, 2.05) is 18.3 Å². The van der Waals surface area contributed by atoms with Crippen LogP contribution in [0.15, 0.2) is 36.5 Å². The minimum atomic E-state index is 0.223. The third kappa shape index (κ3) is 4.57. The number of ether oxygens (including phenoxy) is 2. The molecule has 0 bridgehead atoms. The molecule has 1 heterocycles. The Morgan fingerprint density at radius 3 is 2.55 bits per heavy atom. The van der Waals surface area contributed by atoms with Crippen molar-refractivity contribution in [3.63, 3.8) is 0 Å². The van der Waals surface area contributed by atoms with Crippen molar-refractivity contribution in [2.75, 3.05) is 20.5 Å². The van der Waals surface area contributed by atoms with Crippen LogP contribution in [0.2, 0.25) is 5.02 Å². The first-order valence-corrected chi connectivity index (χ1v) is 7.84. The Morgan fingerprint density at radius 1 is 1.18 bits per heavy atom. The first-order valence-electron chi connectivity index (χ1n) is 7.46. The van der Waals surface area contributed by atoms with E-state index in [2.05, 4.69) is 41.8 Å². The Morgan fingerprint density at radius 2 is 1.91 bits per heavy atom. The molecular weight excluding hydrogens is 300 g/mol. The molecule has 0 unspecified atom stereocenters. The standard InChI is InChI=1S/C17H23ClN2O2/c1-13(2)20-17(8-9-19-20)15(11-22-12-21-3)10-14-4-6-16(18)7-5-14/h4-9,13,15H,10-12H2,1-3H3/t15-/m0/s1. The lowest BCUT2D eigenvalue weighted by atomic mass is 9.96. The van der Waals surface area contributed by atoms with Gasteiger partial charge in [0.2, 0.25) is 0 Å². The third-order valence-corrected chi connectivity index (χ3v) is 3.78. The molecule has 5 heteroatoms. The topological polar surface area (TPSA) is 36.3 Å². The van der Waals surface area contributed by atoms with E-state index in [0.717, 1.165) is 11.4 Å². The summed E-state index contributed by atoms with van der Waals surface area (Å²) in [7, 11) is 1.63. The van der Waals surface area contributed by atoms with Gasteiger partial charge in [-0.15, -0.1) is 0 Å². The van der Waals surface area contributed by atoms with E-state index in [1.165, 1.54) is 11.3 Å². The number of hydrogen-bond donors (Lipinski definition) is 0. The molecule has 0 spiro atoms. The number of methoxy groups -OCH3 is 1. The first kappa shape index (κ1) is 17.0. The summed E-state index contributed by atoms with van der Waals surface area (Å²) in [6, 6.07) is 10.3. The molecule has 0 radical (unpaired) electrons. The van der Waals surface area contributed by atoms with Crippen molar-refractivity contribution in [1.29, 1.82) is 0 Å². The fourth-order valence-electron chi connectivity index (χ4n) is 2.51. The van der Waals surface area contributed by atoms with E-state index in [4.69, 9.17) is 21.1 Å². The summed E-state index contributed by atoms with van der Waals surface area (Å²) in [5, 5.41) is 5.18. The van der Waals surface area contributed by atoms with Crippen molar-refractivity contribution in [3.05, 3.63) is 52.8 Å². The van der Waals surface area contributed by atoms with Gasteiger partial charge in [0.15, 0.2) is 0 Å².